The standard InChI is InChI=1S/C46H27N7/c47-28-30-19-23-32(24-20-30)45-46(33-25-21-31(29-48)22-26-33)53(50-49-45)43-18-8-17-42-44(43)38-13-3-6-16-41(38)52(42)35-10-7-9-34(27-35)51-39-14-4-1-11-36(39)37-12-2-5-15-40(37)51/h1-27H. The van der Waals surface area contributed by atoms with Crippen molar-refractivity contribution in [1.82, 2.24) is 24.1 Å². The van der Waals surface area contributed by atoms with Gasteiger partial charge in [0.05, 0.1) is 51.0 Å². The van der Waals surface area contributed by atoms with E-state index in [1.807, 2.05) is 41.1 Å². The fourth-order valence-corrected chi connectivity index (χ4v) is 7.74. The maximum atomic E-state index is 9.54. The van der Waals surface area contributed by atoms with Crippen LogP contribution in [0.5, 0.6) is 0 Å². The number of rotatable bonds is 5. The molecule has 0 aliphatic carbocycles. The van der Waals surface area contributed by atoms with Gasteiger partial charge in [-0.15, -0.1) is 5.10 Å². The van der Waals surface area contributed by atoms with Gasteiger partial charge in [0.1, 0.15) is 11.4 Å². The summed E-state index contributed by atoms with van der Waals surface area (Å²) >= 11 is 0. The summed E-state index contributed by atoms with van der Waals surface area (Å²) < 4.78 is 6.57. The molecule has 0 unspecified atom stereocenters. The first kappa shape index (κ1) is 30.1. The normalized spacial score (nSPS) is 11.4. The van der Waals surface area contributed by atoms with Crippen LogP contribution in [0.15, 0.2) is 164 Å². The van der Waals surface area contributed by atoms with Crippen LogP contribution in [0.4, 0.5) is 0 Å². The molecular weight excluding hydrogens is 651 g/mol. The van der Waals surface area contributed by atoms with Gasteiger partial charge in [0.25, 0.3) is 0 Å². The third-order valence-corrected chi connectivity index (χ3v) is 10.1. The number of hydrogen-bond acceptors (Lipinski definition) is 4. The van der Waals surface area contributed by atoms with Gasteiger partial charge in [-0.2, -0.15) is 10.5 Å². The summed E-state index contributed by atoms with van der Waals surface area (Å²) in [6.07, 6.45) is 0. The number of aromatic nitrogens is 5. The van der Waals surface area contributed by atoms with Crippen molar-refractivity contribution in [3.63, 3.8) is 0 Å². The first-order valence-corrected chi connectivity index (χ1v) is 17.3. The lowest BCUT2D eigenvalue weighted by atomic mass is 10.0. The summed E-state index contributed by atoms with van der Waals surface area (Å²) in [5.74, 6) is 0. The predicted octanol–water partition coefficient (Wildman–Crippen LogP) is 10.5. The van der Waals surface area contributed by atoms with Crippen LogP contribution in [0.25, 0.3) is 83.2 Å². The monoisotopic (exact) mass is 677 g/mol. The molecule has 3 aromatic heterocycles. The number of nitrogens with zero attached hydrogens (tertiary/aromatic N) is 7. The Morgan fingerprint density at radius 3 is 1.55 bits per heavy atom. The fraction of sp³-hybridized carbons (Fsp3) is 0. The number of nitriles is 2. The first-order chi connectivity index (χ1) is 26.2. The molecule has 0 fully saturated rings. The fourth-order valence-electron chi connectivity index (χ4n) is 7.74. The van der Waals surface area contributed by atoms with E-state index in [-0.39, 0.29) is 0 Å². The van der Waals surface area contributed by atoms with Crippen LogP contribution in [0.3, 0.4) is 0 Å². The molecule has 10 aromatic rings. The van der Waals surface area contributed by atoms with Gasteiger partial charge in [-0.3, -0.25) is 0 Å². The summed E-state index contributed by atoms with van der Waals surface area (Å²) in [7, 11) is 0. The van der Waals surface area contributed by atoms with Crippen LogP contribution in [0, 0.1) is 22.7 Å². The largest absolute Gasteiger partial charge is 0.309 e. The molecule has 7 heteroatoms. The molecule has 0 N–H and O–H groups in total. The lowest BCUT2D eigenvalue weighted by molar-refractivity contribution is 0.813. The van der Waals surface area contributed by atoms with Crippen molar-refractivity contribution in [3.8, 4) is 51.7 Å². The minimum absolute atomic E-state index is 0.570. The quantitative estimate of drug-likeness (QED) is 0.181. The summed E-state index contributed by atoms with van der Waals surface area (Å²) in [6, 6.07) is 59.9. The summed E-state index contributed by atoms with van der Waals surface area (Å²) in [6.45, 7) is 0. The van der Waals surface area contributed by atoms with Gasteiger partial charge in [0, 0.05) is 44.0 Å². The van der Waals surface area contributed by atoms with Crippen molar-refractivity contribution in [2.24, 2.45) is 0 Å². The Bertz CT molecular complexity index is 3070. The first-order valence-electron chi connectivity index (χ1n) is 17.3. The molecule has 0 aliphatic heterocycles. The van der Waals surface area contributed by atoms with Gasteiger partial charge >= 0.3 is 0 Å². The van der Waals surface area contributed by atoms with E-state index in [0.717, 1.165) is 66.7 Å². The van der Waals surface area contributed by atoms with Gasteiger partial charge in [0.15, 0.2) is 0 Å². The smallest absolute Gasteiger partial charge is 0.121 e. The van der Waals surface area contributed by atoms with E-state index in [1.165, 1.54) is 10.8 Å². The second-order valence-electron chi connectivity index (χ2n) is 13.0. The molecule has 0 saturated carbocycles. The van der Waals surface area contributed by atoms with Crippen molar-refractivity contribution in [2.45, 2.75) is 0 Å². The van der Waals surface area contributed by atoms with Gasteiger partial charge in [-0.1, -0.05) is 96.2 Å². The predicted molar refractivity (Wildman–Crippen MR) is 210 cm³/mol. The Balaban J connectivity index is 1.21. The van der Waals surface area contributed by atoms with E-state index >= 15 is 0 Å². The highest BCUT2D eigenvalue weighted by Crippen LogP contribution is 2.40. The van der Waals surface area contributed by atoms with Crippen LogP contribution >= 0.6 is 0 Å². The van der Waals surface area contributed by atoms with E-state index in [1.54, 1.807) is 12.1 Å². The Hall–Kier alpha value is -7.74. The molecule has 0 spiro atoms. The Labute approximate surface area is 304 Å². The van der Waals surface area contributed by atoms with E-state index in [2.05, 4.69) is 137 Å². The van der Waals surface area contributed by atoms with Gasteiger partial charge in [-0.25, -0.2) is 4.68 Å². The minimum Gasteiger partial charge on any atom is -0.309 e. The average molecular weight is 678 g/mol. The Kier molecular flexibility index (Phi) is 6.79. The van der Waals surface area contributed by atoms with Crippen molar-refractivity contribution in [3.05, 3.63) is 175 Å². The number of benzene rings is 7. The SMILES string of the molecule is N#Cc1ccc(-c2nnn(-c3cccc4c3c3ccccc3n4-c3cccc(-n4c5ccccc5c5ccccc54)c3)c2-c2ccc(C#N)cc2)cc1. The molecule has 0 bridgehead atoms. The maximum absolute atomic E-state index is 9.54. The summed E-state index contributed by atoms with van der Waals surface area (Å²) in [5.41, 5.74) is 11.7. The van der Waals surface area contributed by atoms with Crippen LogP contribution in [0.1, 0.15) is 11.1 Å². The highest BCUT2D eigenvalue weighted by atomic mass is 15.4. The average Bonchev–Trinajstić information content (AvgIpc) is 3.92. The molecule has 7 nitrogen and oxygen atoms in total. The zero-order valence-corrected chi connectivity index (χ0v) is 28.2. The van der Waals surface area contributed by atoms with E-state index in [4.69, 9.17) is 10.3 Å². The second-order valence-corrected chi connectivity index (χ2v) is 13.0. The molecular formula is C46H27N7. The zero-order chi connectivity index (χ0) is 35.5. The van der Waals surface area contributed by atoms with Crippen molar-refractivity contribution in [2.75, 3.05) is 0 Å². The Morgan fingerprint density at radius 1 is 0.453 bits per heavy atom. The highest BCUT2D eigenvalue weighted by molar-refractivity contribution is 6.13. The third-order valence-electron chi connectivity index (χ3n) is 10.1. The second kappa shape index (κ2) is 11.9. The van der Waals surface area contributed by atoms with E-state index < -0.39 is 0 Å². The molecule has 7 aromatic carbocycles. The molecule has 246 valence electrons. The molecule has 0 aliphatic rings. The van der Waals surface area contributed by atoms with Crippen molar-refractivity contribution in [1.29, 1.82) is 10.5 Å². The lowest BCUT2D eigenvalue weighted by Crippen LogP contribution is -2.01. The van der Waals surface area contributed by atoms with Crippen LogP contribution in [-0.4, -0.2) is 24.1 Å². The maximum Gasteiger partial charge on any atom is 0.121 e. The van der Waals surface area contributed by atoms with Gasteiger partial charge in [0.2, 0.25) is 0 Å². The van der Waals surface area contributed by atoms with E-state index in [0.29, 0.717) is 16.8 Å². The topological polar surface area (TPSA) is 88.2 Å². The number of para-hydroxylation sites is 3. The number of hydrogen-bond donors (Lipinski definition) is 0. The van der Waals surface area contributed by atoms with Crippen molar-refractivity contribution < 1.29 is 0 Å². The molecule has 53 heavy (non-hydrogen) atoms. The van der Waals surface area contributed by atoms with Crippen molar-refractivity contribution >= 4 is 43.6 Å². The molecule has 0 saturated heterocycles. The lowest BCUT2D eigenvalue weighted by Gasteiger charge is -2.13. The summed E-state index contributed by atoms with van der Waals surface area (Å²) in [5, 5.41) is 33.1. The molecule has 10 rings (SSSR count). The molecule has 0 radical (unpaired) electrons. The molecule has 0 amide bonds. The van der Waals surface area contributed by atoms with E-state index in [9.17, 15) is 10.5 Å². The van der Waals surface area contributed by atoms with Gasteiger partial charge in [-0.05, 0) is 72.8 Å². The Morgan fingerprint density at radius 2 is 0.943 bits per heavy atom. The molecule has 3 heterocycles. The van der Waals surface area contributed by atoms with Crippen LogP contribution in [0.2, 0.25) is 0 Å². The third kappa shape index (κ3) is 4.66. The zero-order valence-electron chi connectivity index (χ0n) is 28.2. The summed E-state index contributed by atoms with van der Waals surface area (Å²) in [4.78, 5) is 0. The number of fused-ring (bicyclic) bond motifs is 6. The molecule has 0 atom stereocenters. The highest BCUT2D eigenvalue weighted by Gasteiger charge is 2.23. The minimum atomic E-state index is 0.570. The van der Waals surface area contributed by atoms with Crippen LogP contribution < -0.4 is 0 Å². The van der Waals surface area contributed by atoms with Crippen LogP contribution in [-0.2, 0) is 0 Å². The van der Waals surface area contributed by atoms with Gasteiger partial charge < -0.3 is 9.13 Å².